The van der Waals surface area contributed by atoms with Gasteiger partial charge < -0.3 is 15.3 Å². The molecule has 0 radical (unpaired) electrons. The van der Waals surface area contributed by atoms with Crippen molar-refractivity contribution >= 4 is 11.9 Å². The number of nitrogens with one attached hydrogen (secondary N) is 1. The Balaban J connectivity index is 2.04. The second kappa shape index (κ2) is 5.81. The van der Waals surface area contributed by atoms with E-state index in [0.717, 1.165) is 12.8 Å². The van der Waals surface area contributed by atoms with E-state index in [1.807, 2.05) is 14.1 Å². The van der Waals surface area contributed by atoms with Gasteiger partial charge >= 0.3 is 5.97 Å². The van der Waals surface area contributed by atoms with Crippen LogP contribution in [0.5, 0.6) is 0 Å². The predicted molar refractivity (Wildman–Crippen MR) is 78.5 cm³/mol. The van der Waals surface area contributed by atoms with E-state index in [2.05, 4.69) is 15.2 Å². The van der Waals surface area contributed by atoms with Gasteiger partial charge in [-0.05, 0) is 52.4 Å². The molecule has 0 atom stereocenters. The van der Waals surface area contributed by atoms with Crippen LogP contribution in [0.25, 0.3) is 0 Å². The summed E-state index contributed by atoms with van der Waals surface area (Å²) in [6.45, 7) is 2.17. The van der Waals surface area contributed by atoms with Crippen LogP contribution in [0.1, 0.15) is 45.8 Å². The molecular weight excluding hydrogens is 270 g/mol. The van der Waals surface area contributed by atoms with Crippen LogP contribution in [0.4, 0.5) is 0 Å². The molecular formula is C15H21N3O3. The normalized spacial score (nSPS) is 16.4. The fourth-order valence-electron chi connectivity index (χ4n) is 2.62. The van der Waals surface area contributed by atoms with E-state index in [0.29, 0.717) is 12.2 Å². The van der Waals surface area contributed by atoms with Gasteiger partial charge in [0.25, 0.3) is 5.91 Å². The lowest BCUT2D eigenvalue weighted by molar-refractivity contribution is 0.0556. The summed E-state index contributed by atoms with van der Waals surface area (Å²) in [6.07, 6.45) is 3.33. The minimum Gasteiger partial charge on any atom is -0.478 e. The SMILES string of the molecule is Cc1nc(C(=O)NCC2(N(C)C)CCC2)ccc1C(=O)O. The zero-order valence-corrected chi connectivity index (χ0v) is 12.6. The highest BCUT2D eigenvalue weighted by Crippen LogP contribution is 2.35. The molecule has 6 heteroatoms. The van der Waals surface area contributed by atoms with Crippen molar-refractivity contribution < 1.29 is 14.7 Å². The van der Waals surface area contributed by atoms with Crippen LogP contribution < -0.4 is 5.32 Å². The number of aromatic nitrogens is 1. The van der Waals surface area contributed by atoms with Crippen molar-refractivity contribution in [3.8, 4) is 0 Å². The van der Waals surface area contributed by atoms with E-state index in [1.54, 1.807) is 6.92 Å². The van der Waals surface area contributed by atoms with Gasteiger partial charge in [0, 0.05) is 12.1 Å². The smallest absolute Gasteiger partial charge is 0.337 e. The fraction of sp³-hybridized carbons (Fsp3) is 0.533. The summed E-state index contributed by atoms with van der Waals surface area (Å²) in [4.78, 5) is 29.3. The van der Waals surface area contributed by atoms with Crippen molar-refractivity contribution in [3.05, 3.63) is 29.1 Å². The van der Waals surface area contributed by atoms with Crippen LogP contribution in [0.3, 0.4) is 0 Å². The Morgan fingerprint density at radius 1 is 1.38 bits per heavy atom. The Labute approximate surface area is 124 Å². The van der Waals surface area contributed by atoms with Gasteiger partial charge in [-0.3, -0.25) is 4.79 Å². The number of hydrogen-bond acceptors (Lipinski definition) is 4. The molecule has 1 heterocycles. The first-order chi connectivity index (χ1) is 9.85. The second-order valence-corrected chi connectivity index (χ2v) is 5.79. The molecule has 1 aliphatic carbocycles. The molecule has 0 bridgehead atoms. The largest absolute Gasteiger partial charge is 0.478 e. The topological polar surface area (TPSA) is 82.5 Å². The number of rotatable bonds is 5. The Hall–Kier alpha value is -1.95. The number of aryl methyl sites for hydroxylation is 1. The average molecular weight is 291 g/mol. The van der Waals surface area contributed by atoms with Crippen molar-refractivity contribution in [3.63, 3.8) is 0 Å². The summed E-state index contributed by atoms with van der Waals surface area (Å²) in [7, 11) is 4.05. The molecule has 0 aromatic carbocycles. The predicted octanol–water partition coefficient (Wildman–Crippen LogP) is 1.30. The summed E-state index contributed by atoms with van der Waals surface area (Å²) < 4.78 is 0. The summed E-state index contributed by atoms with van der Waals surface area (Å²) in [6, 6.07) is 2.87. The molecule has 1 saturated carbocycles. The van der Waals surface area contributed by atoms with Crippen LogP contribution >= 0.6 is 0 Å². The molecule has 0 spiro atoms. The molecule has 2 N–H and O–H groups in total. The van der Waals surface area contributed by atoms with Crippen molar-refractivity contribution in [1.29, 1.82) is 0 Å². The molecule has 0 unspecified atom stereocenters. The number of carboxylic acid groups (broad SMARTS) is 1. The Bertz CT molecular complexity index is 565. The molecule has 1 aromatic rings. The minimum absolute atomic E-state index is 0.0473. The van der Waals surface area contributed by atoms with E-state index < -0.39 is 5.97 Å². The van der Waals surface area contributed by atoms with Crippen molar-refractivity contribution in [2.24, 2.45) is 0 Å². The maximum Gasteiger partial charge on any atom is 0.337 e. The first-order valence-electron chi connectivity index (χ1n) is 7.02. The van der Waals surface area contributed by atoms with Crippen LogP contribution in [-0.2, 0) is 0 Å². The van der Waals surface area contributed by atoms with Gasteiger partial charge in [-0.15, -0.1) is 0 Å². The van der Waals surface area contributed by atoms with Gasteiger partial charge in [0.15, 0.2) is 0 Å². The highest BCUT2D eigenvalue weighted by atomic mass is 16.4. The maximum atomic E-state index is 12.1. The lowest BCUT2D eigenvalue weighted by Crippen LogP contribution is -2.57. The number of carbonyl (C=O) groups excluding carboxylic acids is 1. The van der Waals surface area contributed by atoms with Gasteiger partial charge in [-0.1, -0.05) is 0 Å². The average Bonchev–Trinajstić information content (AvgIpc) is 2.36. The third kappa shape index (κ3) is 3.05. The highest BCUT2D eigenvalue weighted by Gasteiger charge is 2.39. The zero-order chi connectivity index (χ0) is 15.6. The van der Waals surface area contributed by atoms with E-state index in [9.17, 15) is 9.59 Å². The summed E-state index contributed by atoms with van der Waals surface area (Å²) >= 11 is 0. The number of carboxylic acids is 1. The number of likely N-dealkylation sites (N-methyl/N-ethyl adjacent to an activating group) is 1. The molecule has 2 rings (SSSR count). The molecule has 1 aromatic heterocycles. The van der Waals surface area contributed by atoms with Crippen molar-refractivity contribution in [2.75, 3.05) is 20.6 Å². The number of pyridine rings is 1. The summed E-state index contributed by atoms with van der Waals surface area (Å²) in [5, 5.41) is 11.9. The van der Waals surface area contributed by atoms with Crippen LogP contribution in [-0.4, -0.2) is 53.0 Å². The van der Waals surface area contributed by atoms with Gasteiger partial charge in [-0.2, -0.15) is 0 Å². The number of aromatic carboxylic acids is 1. The van der Waals surface area contributed by atoms with Gasteiger partial charge in [0.1, 0.15) is 5.69 Å². The van der Waals surface area contributed by atoms with Gasteiger partial charge in [0.05, 0.1) is 11.3 Å². The molecule has 0 saturated heterocycles. The Morgan fingerprint density at radius 2 is 2.05 bits per heavy atom. The number of hydrogen-bond donors (Lipinski definition) is 2. The minimum atomic E-state index is -1.03. The number of nitrogens with zero attached hydrogens (tertiary/aromatic N) is 2. The van der Waals surface area contributed by atoms with E-state index in [-0.39, 0.29) is 22.7 Å². The molecule has 1 fully saturated rings. The highest BCUT2D eigenvalue weighted by molar-refractivity contribution is 5.94. The van der Waals surface area contributed by atoms with Gasteiger partial charge in [-0.25, -0.2) is 9.78 Å². The number of amides is 1. The third-order valence-electron chi connectivity index (χ3n) is 4.36. The zero-order valence-electron chi connectivity index (χ0n) is 12.6. The Morgan fingerprint density at radius 3 is 2.48 bits per heavy atom. The second-order valence-electron chi connectivity index (χ2n) is 5.79. The monoisotopic (exact) mass is 291 g/mol. The van der Waals surface area contributed by atoms with Crippen molar-refractivity contribution in [1.82, 2.24) is 15.2 Å². The van der Waals surface area contributed by atoms with E-state index >= 15 is 0 Å². The number of carbonyl (C=O) groups is 2. The Kier molecular flexibility index (Phi) is 4.27. The van der Waals surface area contributed by atoms with E-state index in [4.69, 9.17) is 5.11 Å². The lowest BCUT2D eigenvalue weighted by atomic mass is 9.75. The molecule has 1 aliphatic rings. The maximum absolute atomic E-state index is 12.1. The van der Waals surface area contributed by atoms with Crippen molar-refractivity contribution in [2.45, 2.75) is 31.7 Å². The quantitative estimate of drug-likeness (QED) is 0.854. The van der Waals surface area contributed by atoms with Crippen LogP contribution in [0, 0.1) is 6.92 Å². The third-order valence-corrected chi connectivity index (χ3v) is 4.36. The molecule has 0 aliphatic heterocycles. The summed E-state index contributed by atoms with van der Waals surface area (Å²) in [5.74, 6) is -1.30. The first kappa shape index (κ1) is 15.4. The fourth-order valence-corrected chi connectivity index (χ4v) is 2.62. The lowest BCUT2D eigenvalue weighted by Gasteiger charge is -2.47. The first-order valence-corrected chi connectivity index (χ1v) is 7.02. The van der Waals surface area contributed by atoms with Crippen LogP contribution in [0.15, 0.2) is 12.1 Å². The molecule has 21 heavy (non-hydrogen) atoms. The molecule has 6 nitrogen and oxygen atoms in total. The molecule has 114 valence electrons. The molecule has 1 amide bonds. The summed E-state index contributed by atoms with van der Waals surface area (Å²) in [5.41, 5.74) is 0.772. The van der Waals surface area contributed by atoms with Crippen LogP contribution in [0.2, 0.25) is 0 Å². The van der Waals surface area contributed by atoms with E-state index in [1.165, 1.54) is 18.6 Å². The van der Waals surface area contributed by atoms with Gasteiger partial charge in [0.2, 0.25) is 0 Å². The standard InChI is InChI=1S/C15H21N3O3/c1-10-11(14(20)21)5-6-12(17-10)13(19)16-9-15(18(2)3)7-4-8-15/h5-6H,4,7-9H2,1-3H3,(H,16,19)(H,20,21).